The number of nitrogens with zero attached hydrogens (tertiary/aromatic N) is 2. The van der Waals surface area contributed by atoms with Crippen molar-refractivity contribution in [2.75, 3.05) is 39.3 Å². The van der Waals surface area contributed by atoms with Crippen LogP contribution < -0.4 is 29.6 Å². The summed E-state index contributed by atoms with van der Waals surface area (Å²) in [4.78, 5) is 44.4. The zero-order chi connectivity index (χ0) is 15.7. The molecule has 0 aliphatic heterocycles. The fourth-order valence-corrected chi connectivity index (χ4v) is 1.48. The molecule has 0 atom stereocenters. The van der Waals surface area contributed by atoms with E-state index < -0.39 is 50.1 Å². The molecule has 0 aliphatic carbocycles. The Hall–Kier alpha value is 0.0597. The van der Waals surface area contributed by atoms with Crippen molar-refractivity contribution < 1.29 is 69.2 Å². The molecule has 0 saturated carbocycles. The molecular weight excluding hydrogens is 339 g/mol. The topological polar surface area (TPSA) is 156 Å². The second-order valence-electron chi connectivity index (χ2n) is 4.00. The quantitative estimate of drug-likeness (QED) is 0.264. The van der Waals surface area contributed by atoms with Gasteiger partial charge in [0.15, 0.2) is 0 Å². The molecule has 0 spiro atoms. The molecule has 0 aliphatic rings. The second-order valence-corrected chi connectivity index (χ2v) is 4.00. The zero-order valence-corrected chi connectivity index (χ0v) is 16.5. The first-order valence-corrected chi connectivity index (χ1v) is 5.52. The molecule has 114 valence electrons. The molecular formula is C10H16CaN2NaO8+3. The summed E-state index contributed by atoms with van der Waals surface area (Å²) in [7, 11) is 0. The molecule has 0 saturated heterocycles. The van der Waals surface area contributed by atoms with Gasteiger partial charge in [0.1, 0.15) is 0 Å². The third-order valence-corrected chi connectivity index (χ3v) is 2.17. The Balaban J connectivity index is -0.00000180. The van der Waals surface area contributed by atoms with Gasteiger partial charge in [-0.25, -0.2) is 0 Å². The van der Waals surface area contributed by atoms with E-state index in [0.717, 1.165) is 9.80 Å². The van der Waals surface area contributed by atoms with Crippen LogP contribution in [0, 0.1) is 0 Å². The Morgan fingerprint density at radius 2 is 0.773 bits per heavy atom. The van der Waals surface area contributed by atoms with E-state index in [-0.39, 0.29) is 80.4 Å². The van der Waals surface area contributed by atoms with Crippen LogP contribution in [0.2, 0.25) is 0 Å². The third kappa shape index (κ3) is 16.4. The summed E-state index contributed by atoms with van der Waals surface area (Å²) in [5, 5.41) is 34.5. The van der Waals surface area contributed by atoms with Crippen LogP contribution >= 0.6 is 0 Å². The van der Waals surface area contributed by atoms with Crippen molar-refractivity contribution in [1.29, 1.82) is 0 Å². The van der Waals surface area contributed by atoms with Crippen molar-refractivity contribution in [3.63, 3.8) is 0 Å². The average molecular weight is 355 g/mol. The van der Waals surface area contributed by atoms with Crippen LogP contribution in [0.4, 0.5) is 0 Å². The van der Waals surface area contributed by atoms with Gasteiger partial charge in [-0.05, 0) is 0 Å². The van der Waals surface area contributed by atoms with E-state index in [1.54, 1.807) is 0 Å². The van der Waals surface area contributed by atoms with Crippen LogP contribution in [-0.2, 0) is 19.2 Å². The molecule has 0 rings (SSSR count). The van der Waals surface area contributed by atoms with E-state index in [0.29, 0.717) is 0 Å². The molecule has 0 heterocycles. The fraction of sp³-hybridized carbons (Fsp3) is 0.600. The number of rotatable bonds is 11. The SMILES string of the molecule is O=C(O)CN(CCN(CC(=O)O)CC(=O)O)CC(=O)O.[Ca+2].[Na+]. The van der Waals surface area contributed by atoms with Crippen molar-refractivity contribution in [3.05, 3.63) is 0 Å². The van der Waals surface area contributed by atoms with E-state index in [1.165, 1.54) is 0 Å². The second kappa shape index (κ2) is 14.6. The van der Waals surface area contributed by atoms with Crippen LogP contribution in [0.25, 0.3) is 0 Å². The van der Waals surface area contributed by atoms with Gasteiger partial charge in [-0.15, -0.1) is 0 Å². The van der Waals surface area contributed by atoms with Gasteiger partial charge >= 0.3 is 91.2 Å². The standard InChI is InChI=1S/C10H16N2O8.Ca.Na/c13-7(14)3-11(4-8(15)16)1-2-12(5-9(17)18)6-10(19)20;;/h1-6H2,(H,13,14)(H,15,16)(H,17,18)(H,19,20);;/q;+2;+1. The molecule has 0 aromatic carbocycles. The Bertz CT molecular complexity index is 327. The number of carbonyl (C=O) groups is 4. The van der Waals surface area contributed by atoms with Crippen LogP contribution in [0.5, 0.6) is 0 Å². The van der Waals surface area contributed by atoms with Crippen LogP contribution in [-0.4, -0.2) is 131 Å². The third-order valence-electron chi connectivity index (χ3n) is 2.17. The summed E-state index contributed by atoms with van der Waals surface area (Å²) in [5.74, 6) is -4.91. The predicted molar refractivity (Wildman–Crippen MR) is 69.2 cm³/mol. The number of hydrogen-bond donors (Lipinski definition) is 4. The van der Waals surface area contributed by atoms with Crippen LogP contribution in [0.1, 0.15) is 0 Å². The van der Waals surface area contributed by atoms with Gasteiger partial charge in [-0.2, -0.15) is 0 Å². The molecule has 0 aromatic heterocycles. The molecule has 0 aromatic rings. The first kappa shape index (κ1) is 26.9. The van der Waals surface area contributed by atoms with Crippen molar-refractivity contribution in [2.45, 2.75) is 0 Å². The van der Waals surface area contributed by atoms with E-state index >= 15 is 0 Å². The number of carboxylic acids is 4. The molecule has 12 heteroatoms. The van der Waals surface area contributed by atoms with Gasteiger partial charge in [0.25, 0.3) is 0 Å². The van der Waals surface area contributed by atoms with E-state index in [9.17, 15) is 19.2 Å². The average Bonchev–Trinajstić information content (AvgIpc) is 2.22. The van der Waals surface area contributed by atoms with Gasteiger partial charge in [0, 0.05) is 13.1 Å². The van der Waals surface area contributed by atoms with Crippen molar-refractivity contribution in [3.8, 4) is 0 Å². The van der Waals surface area contributed by atoms with Gasteiger partial charge in [0.2, 0.25) is 0 Å². The summed E-state index contributed by atoms with van der Waals surface area (Å²) >= 11 is 0. The molecule has 22 heavy (non-hydrogen) atoms. The van der Waals surface area contributed by atoms with E-state index in [4.69, 9.17) is 20.4 Å². The Morgan fingerprint density at radius 3 is 0.909 bits per heavy atom. The number of aliphatic carboxylic acids is 4. The molecule has 10 nitrogen and oxygen atoms in total. The van der Waals surface area contributed by atoms with Gasteiger partial charge in [-0.3, -0.25) is 29.0 Å². The minimum absolute atomic E-state index is 0. The fourth-order valence-electron chi connectivity index (χ4n) is 1.48. The van der Waals surface area contributed by atoms with Crippen molar-refractivity contribution >= 4 is 61.6 Å². The largest absolute Gasteiger partial charge is 2.00 e. The minimum atomic E-state index is -1.23. The monoisotopic (exact) mass is 355 g/mol. The molecule has 0 fully saturated rings. The Labute approximate surface area is 178 Å². The maximum Gasteiger partial charge on any atom is 2.00 e. The summed E-state index contributed by atoms with van der Waals surface area (Å²) in [6.07, 6.45) is 0. The van der Waals surface area contributed by atoms with Gasteiger partial charge in [0.05, 0.1) is 26.2 Å². The molecule has 0 unspecified atom stereocenters. The smallest absolute Gasteiger partial charge is 0.480 e. The first-order valence-electron chi connectivity index (χ1n) is 5.52. The summed E-state index contributed by atoms with van der Waals surface area (Å²) in [6.45, 7) is -2.25. The van der Waals surface area contributed by atoms with E-state index in [2.05, 4.69) is 0 Å². The number of hydrogen-bond acceptors (Lipinski definition) is 6. The first-order chi connectivity index (χ1) is 9.20. The van der Waals surface area contributed by atoms with Crippen LogP contribution in [0.3, 0.4) is 0 Å². The van der Waals surface area contributed by atoms with Crippen LogP contribution in [0.15, 0.2) is 0 Å². The van der Waals surface area contributed by atoms with Crippen molar-refractivity contribution in [1.82, 2.24) is 9.80 Å². The molecule has 4 N–H and O–H groups in total. The summed E-state index contributed by atoms with van der Waals surface area (Å²) < 4.78 is 0. The zero-order valence-electron chi connectivity index (χ0n) is 12.3. The molecule has 0 radical (unpaired) electrons. The summed E-state index contributed by atoms with van der Waals surface area (Å²) in [6, 6.07) is 0. The van der Waals surface area contributed by atoms with E-state index in [1.807, 2.05) is 0 Å². The number of carboxylic acid groups (broad SMARTS) is 4. The predicted octanol–water partition coefficient (Wildman–Crippen LogP) is -5.45. The van der Waals surface area contributed by atoms with Gasteiger partial charge < -0.3 is 20.4 Å². The van der Waals surface area contributed by atoms with Gasteiger partial charge in [-0.1, -0.05) is 0 Å². The molecule has 0 amide bonds. The summed E-state index contributed by atoms with van der Waals surface area (Å²) in [5.41, 5.74) is 0. The Kier molecular flexibility index (Phi) is 17.9. The molecule has 0 bridgehead atoms. The van der Waals surface area contributed by atoms with Crippen molar-refractivity contribution in [2.24, 2.45) is 0 Å². The maximum absolute atomic E-state index is 10.6. The normalized spacial score (nSPS) is 9.73. The Morgan fingerprint density at radius 1 is 0.591 bits per heavy atom. The minimum Gasteiger partial charge on any atom is -0.480 e. The maximum atomic E-state index is 10.6.